The number of nitrogens with one attached hydrogen (secondary N) is 1. The summed E-state index contributed by atoms with van der Waals surface area (Å²) in [6, 6.07) is 0. The summed E-state index contributed by atoms with van der Waals surface area (Å²) < 4.78 is 30.1. The zero-order valence-corrected chi connectivity index (χ0v) is 16.2. The molecule has 5 N–H and O–H groups in total. The molecule has 0 radical (unpaired) electrons. The summed E-state index contributed by atoms with van der Waals surface area (Å²) in [5.74, 6) is -0.0896. The van der Waals surface area contributed by atoms with E-state index in [-0.39, 0.29) is 22.9 Å². The monoisotopic (exact) mass is 415 g/mol. The maximum Gasteiger partial charge on any atom is 0.225 e. The molecule has 3 rings (SSSR count). The molecule has 13 nitrogen and oxygen atoms in total. The summed E-state index contributed by atoms with van der Waals surface area (Å²) in [5, 5.41) is 20.9. The lowest BCUT2D eigenvalue weighted by molar-refractivity contribution is -0.124. The minimum absolute atomic E-state index is 0.0803. The molecule has 1 aliphatic heterocycles. The lowest BCUT2D eigenvalue weighted by Crippen LogP contribution is -2.39. The van der Waals surface area contributed by atoms with Crippen molar-refractivity contribution in [3.63, 3.8) is 0 Å². The molecule has 4 atom stereocenters. The van der Waals surface area contributed by atoms with Crippen LogP contribution in [0.15, 0.2) is 6.33 Å². The van der Waals surface area contributed by atoms with E-state index >= 15 is 0 Å². The van der Waals surface area contributed by atoms with Crippen LogP contribution in [0.1, 0.15) is 13.2 Å². The van der Waals surface area contributed by atoms with Crippen molar-refractivity contribution in [3.05, 3.63) is 6.33 Å². The van der Waals surface area contributed by atoms with Crippen LogP contribution in [0, 0.1) is 5.41 Å². The average molecular weight is 415 g/mol. The Morgan fingerprint density at radius 1 is 1.50 bits per heavy atom. The summed E-state index contributed by atoms with van der Waals surface area (Å²) in [4.78, 5) is 26.3. The smallest absolute Gasteiger partial charge is 0.225 e. The molecule has 1 saturated heterocycles. The topological polar surface area (TPSA) is 186 Å². The lowest BCUT2D eigenvalue weighted by atomic mass is 9.84. The van der Waals surface area contributed by atoms with Crippen LogP contribution < -0.4 is 15.6 Å². The molecule has 154 valence electrons. The number of rotatable bonds is 6. The first-order valence-corrected chi connectivity index (χ1v) is 10.0. The van der Waals surface area contributed by atoms with Gasteiger partial charge in [-0.2, -0.15) is 9.97 Å². The first-order chi connectivity index (χ1) is 13.0. The van der Waals surface area contributed by atoms with Crippen molar-refractivity contribution in [2.24, 2.45) is 5.41 Å². The standard InChI is InChI=1S/C14H21N7O6S/c1-14(5-23)9(24)7(4-22)27-12(14)21-6-16-8-10(17-13(15)18-11(8)21)20(2)19-28(3,25)26/h5-7,9,12,19,22,24H,4H2,1-3H3,(H2,15,17,18)/t7-,9-,12-,14-/m1/s1. The van der Waals surface area contributed by atoms with E-state index in [1.54, 1.807) is 0 Å². The van der Waals surface area contributed by atoms with Gasteiger partial charge in [-0.1, -0.05) is 0 Å². The van der Waals surface area contributed by atoms with Crippen LogP contribution in [0.25, 0.3) is 11.2 Å². The van der Waals surface area contributed by atoms with Crippen LogP contribution >= 0.6 is 0 Å². The number of aliphatic hydroxyl groups is 2. The molecule has 0 unspecified atom stereocenters. The summed E-state index contributed by atoms with van der Waals surface area (Å²) in [6.45, 7) is 0.997. The second-order valence-corrected chi connectivity index (χ2v) is 8.52. The minimum atomic E-state index is -3.59. The van der Waals surface area contributed by atoms with Crippen LogP contribution in [-0.4, -0.2) is 76.6 Å². The van der Waals surface area contributed by atoms with Crippen molar-refractivity contribution >= 4 is 39.2 Å². The highest BCUT2D eigenvalue weighted by Crippen LogP contribution is 2.45. The van der Waals surface area contributed by atoms with Crippen molar-refractivity contribution in [2.75, 3.05) is 30.7 Å². The van der Waals surface area contributed by atoms with Gasteiger partial charge in [-0.05, 0) is 6.92 Å². The SMILES string of the molecule is CN(NS(C)(=O)=O)c1nc(N)nc2c1ncn2[C@@H]1O[C@H](CO)[C@@H](O)[C@@]1(C)C=O. The second-order valence-electron chi connectivity index (χ2n) is 6.79. The molecular weight excluding hydrogens is 394 g/mol. The van der Waals surface area contributed by atoms with E-state index in [2.05, 4.69) is 19.8 Å². The quantitative estimate of drug-likeness (QED) is 0.295. The Hall–Kier alpha value is -2.39. The average Bonchev–Trinajstić information content (AvgIpc) is 3.12. The van der Waals surface area contributed by atoms with E-state index in [0.717, 1.165) is 11.3 Å². The Labute approximate surface area is 160 Å². The number of imidazole rings is 1. The van der Waals surface area contributed by atoms with Crippen molar-refractivity contribution in [2.45, 2.75) is 25.4 Å². The number of aromatic nitrogens is 4. The van der Waals surface area contributed by atoms with E-state index in [0.29, 0.717) is 6.29 Å². The van der Waals surface area contributed by atoms with Crippen LogP contribution in [-0.2, 0) is 19.6 Å². The normalized spacial score (nSPS) is 28.0. The molecule has 2 aromatic heterocycles. The van der Waals surface area contributed by atoms with Gasteiger partial charge in [-0.15, -0.1) is 4.83 Å². The molecule has 0 aromatic carbocycles. The zero-order valence-electron chi connectivity index (χ0n) is 15.3. The molecule has 3 heterocycles. The van der Waals surface area contributed by atoms with E-state index < -0.39 is 40.5 Å². The highest BCUT2D eigenvalue weighted by molar-refractivity contribution is 7.88. The van der Waals surface area contributed by atoms with Crippen molar-refractivity contribution in [1.82, 2.24) is 24.4 Å². The number of carbonyl (C=O) groups excluding carboxylic acids is 1. The van der Waals surface area contributed by atoms with E-state index in [9.17, 15) is 23.4 Å². The highest BCUT2D eigenvalue weighted by atomic mass is 32.2. The van der Waals surface area contributed by atoms with E-state index in [1.807, 2.05) is 0 Å². The first kappa shape index (κ1) is 20.3. The van der Waals surface area contributed by atoms with Gasteiger partial charge >= 0.3 is 0 Å². The fourth-order valence-corrected chi connectivity index (χ4v) is 3.77. The number of anilines is 2. The van der Waals surface area contributed by atoms with Gasteiger partial charge < -0.3 is 25.5 Å². The number of hydrogen-bond acceptors (Lipinski definition) is 11. The Bertz CT molecular complexity index is 1010. The number of carbonyl (C=O) groups is 1. The Kier molecular flexibility index (Phi) is 5.01. The second kappa shape index (κ2) is 6.89. The third-order valence-corrected chi connectivity index (χ3v) is 5.16. The van der Waals surface area contributed by atoms with Crippen molar-refractivity contribution < 1.29 is 28.2 Å². The van der Waals surface area contributed by atoms with Crippen LogP contribution in [0.3, 0.4) is 0 Å². The van der Waals surface area contributed by atoms with Gasteiger partial charge in [0.15, 0.2) is 23.2 Å². The Morgan fingerprint density at radius 3 is 2.75 bits per heavy atom. The lowest BCUT2D eigenvalue weighted by Gasteiger charge is -2.27. The Morgan fingerprint density at radius 2 is 2.18 bits per heavy atom. The van der Waals surface area contributed by atoms with Gasteiger partial charge in [-0.25, -0.2) is 13.4 Å². The number of ether oxygens (including phenoxy) is 1. The first-order valence-electron chi connectivity index (χ1n) is 8.13. The summed E-state index contributed by atoms with van der Waals surface area (Å²) in [5.41, 5.74) is 4.72. The summed E-state index contributed by atoms with van der Waals surface area (Å²) >= 11 is 0. The van der Waals surface area contributed by atoms with Crippen LogP contribution in [0.5, 0.6) is 0 Å². The van der Waals surface area contributed by atoms with Gasteiger partial charge in [0.1, 0.15) is 12.4 Å². The molecule has 1 aliphatic rings. The fraction of sp³-hybridized carbons (Fsp3) is 0.571. The molecule has 28 heavy (non-hydrogen) atoms. The third kappa shape index (κ3) is 3.29. The van der Waals surface area contributed by atoms with E-state index in [1.165, 1.54) is 24.9 Å². The molecule has 2 aromatic rings. The van der Waals surface area contributed by atoms with Crippen LogP contribution in [0.4, 0.5) is 11.8 Å². The molecule has 0 amide bonds. The molecule has 0 aliphatic carbocycles. The largest absolute Gasteiger partial charge is 0.394 e. The highest BCUT2D eigenvalue weighted by Gasteiger charge is 2.54. The molecule has 0 spiro atoms. The maximum absolute atomic E-state index is 11.7. The molecular formula is C14H21N7O6S. The Balaban J connectivity index is 2.13. The van der Waals surface area contributed by atoms with Gasteiger partial charge in [0.25, 0.3) is 0 Å². The zero-order chi connectivity index (χ0) is 20.9. The van der Waals surface area contributed by atoms with Gasteiger partial charge in [0, 0.05) is 7.05 Å². The molecule has 14 heteroatoms. The third-order valence-electron chi connectivity index (χ3n) is 4.55. The predicted molar refractivity (Wildman–Crippen MR) is 97.3 cm³/mol. The van der Waals surface area contributed by atoms with E-state index in [4.69, 9.17) is 10.5 Å². The predicted octanol–water partition coefficient (Wildman–Crippen LogP) is -2.24. The maximum atomic E-state index is 11.7. The summed E-state index contributed by atoms with van der Waals surface area (Å²) in [7, 11) is -2.18. The van der Waals surface area contributed by atoms with Gasteiger partial charge in [0.05, 0.1) is 30.7 Å². The summed E-state index contributed by atoms with van der Waals surface area (Å²) in [6.07, 6.45) is -0.432. The number of nitrogens with zero attached hydrogens (tertiary/aromatic N) is 5. The van der Waals surface area contributed by atoms with Crippen molar-refractivity contribution in [1.29, 1.82) is 0 Å². The minimum Gasteiger partial charge on any atom is -0.394 e. The molecule has 0 bridgehead atoms. The van der Waals surface area contributed by atoms with Crippen LogP contribution in [0.2, 0.25) is 0 Å². The molecule has 1 fully saturated rings. The van der Waals surface area contributed by atoms with Crippen molar-refractivity contribution in [3.8, 4) is 0 Å². The fourth-order valence-electron chi connectivity index (χ4n) is 3.18. The van der Waals surface area contributed by atoms with Gasteiger partial charge in [-0.3, -0.25) is 9.58 Å². The number of hydrazine groups is 1. The number of nitrogen functional groups attached to an aromatic ring is 1. The number of nitrogens with two attached hydrogens (primary N) is 1. The molecule has 0 saturated carbocycles. The number of hydrogen-bond donors (Lipinski definition) is 4. The number of aliphatic hydroxyl groups excluding tert-OH is 2. The van der Waals surface area contributed by atoms with Gasteiger partial charge in [0.2, 0.25) is 16.0 Å². The number of fused-ring (bicyclic) bond motifs is 1. The number of aldehydes is 1. The number of sulfonamides is 1.